The predicted molar refractivity (Wildman–Crippen MR) is 78.9 cm³/mol. The van der Waals surface area contributed by atoms with Gasteiger partial charge in [0.2, 0.25) is 0 Å². The van der Waals surface area contributed by atoms with E-state index in [0.29, 0.717) is 0 Å². The number of aryl methyl sites for hydroxylation is 1. The van der Waals surface area contributed by atoms with Gasteiger partial charge in [0.25, 0.3) is 0 Å². The molecule has 1 aromatic heterocycles. The van der Waals surface area contributed by atoms with Gasteiger partial charge >= 0.3 is 0 Å². The molecule has 0 aliphatic heterocycles. The van der Waals surface area contributed by atoms with E-state index < -0.39 is 0 Å². The number of nitrogens with two attached hydrogens (primary N) is 1. The number of rotatable bonds is 1. The molecule has 2 rings (SSSR count). The summed E-state index contributed by atoms with van der Waals surface area (Å²) >= 11 is 0. The molecule has 0 amide bonds. The van der Waals surface area contributed by atoms with Crippen LogP contribution in [0, 0.1) is 6.92 Å². The number of H-pyrrole nitrogens is 1. The number of aromatic nitrogens is 1. The molecule has 3 N–H and O–H groups in total. The van der Waals surface area contributed by atoms with E-state index in [9.17, 15) is 0 Å². The van der Waals surface area contributed by atoms with Gasteiger partial charge in [0.15, 0.2) is 0 Å². The Kier molecular flexibility index (Phi) is 2.82. The van der Waals surface area contributed by atoms with Crippen LogP contribution in [0.3, 0.4) is 0 Å². The van der Waals surface area contributed by atoms with Gasteiger partial charge in [-0.1, -0.05) is 26.8 Å². The molecule has 0 unspecified atom stereocenters. The van der Waals surface area contributed by atoms with Crippen LogP contribution >= 0.6 is 0 Å². The van der Waals surface area contributed by atoms with Gasteiger partial charge in [-0.15, -0.1) is 0 Å². The number of hydrogen-bond acceptors (Lipinski definition) is 1. The summed E-state index contributed by atoms with van der Waals surface area (Å²) in [5.74, 6) is 0. The first kappa shape index (κ1) is 13.2. The summed E-state index contributed by atoms with van der Waals surface area (Å²) in [5, 5.41) is 1.26. The van der Waals surface area contributed by atoms with E-state index in [2.05, 4.69) is 64.7 Å². The summed E-state index contributed by atoms with van der Waals surface area (Å²) in [6.07, 6.45) is 0. The van der Waals surface area contributed by atoms with Crippen LogP contribution in [0.4, 0.5) is 0 Å². The predicted octanol–water partition coefficient (Wildman–Crippen LogP) is 3.97. The highest BCUT2D eigenvalue weighted by Crippen LogP contribution is 2.33. The second-order valence-electron chi connectivity index (χ2n) is 6.86. The molecule has 2 heteroatoms. The lowest BCUT2D eigenvalue weighted by atomic mass is 9.85. The molecule has 0 spiro atoms. The maximum Gasteiger partial charge on any atom is 0.0459 e. The first-order valence-corrected chi connectivity index (χ1v) is 6.53. The maximum absolute atomic E-state index is 6.31. The Morgan fingerprint density at radius 2 is 1.67 bits per heavy atom. The average molecular weight is 244 g/mol. The van der Waals surface area contributed by atoms with Crippen molar-refractivity contribution in [2.75, 3.05) is 0 Å². The van der Waals surface area contributed by atoms with Crippen molar-refractivity contribution >= 4 is 10.9 Å². The molecule has 98 valence electrons. The van der Waals surface area contributed by atoms with Gasteiger partial charge in [-0.05, 0) is 49.4 Å². The van der Waals surface area contributed by atoms with Crippen molar-refractivity contribution in [2.45, 2.75) is 52.5 Å². The van der Waals surface area contributed by atoms with Gasteiger partial charge in [0.05, 0.1) is 0 Å². The summed E-state index contributed by atoms with van der Waals surface area (Å²) < 4.78 is 0. The molecule has 0 saturated carbocycles. The first-order valence-electron chi connectivity index (χ1n) is 6.53. The van der Waals surface area contributed by atoms with Gasteiger partial charge in [-0.3, -0.25) is 0 Å². The van der Waals surface area contributed by atoms with E-state index in [0.717, 1.165) is 0 Å². The molecule has 0 saturated heterocycles. The van der Waals surface area contributed by atoms with E-state index in [1.165, 1.54) is 27.7 Å². The van der Waals surface area contributed by atoms with Crippen molar-refractivity contribution in [2.24, 2.45) is 5.73 Å². The van der Waals surface area contributed by atoms with E-state index in [1.807, 2.05) is 0 Å². The lowest BCUT2D eigenvalue weighted by Gasteiger charge is -2.22. The Hall–Kier alpha value is -1.28. The maximum atomic E-state index is 6.31. The molecule has 0 radical (unpaired) electrons. The Bertz CT molecular complexity index is 577. The second kappa shape index (κ2) is 3.86. The average Bonchev–Trinajstić information content (AvgIpc) is 2.49. The van der Waals surface area contributed by atoms with Crippen molar-refractivity contribution in [3.8, 4) is 0 Å². The summed E-state index contributed by atoms with van der Waals surface area (Å²) in [4.78, 5) is 3.43. The monoisotopic (exact) mass is 244 g/mol. The van der Waals surface area contributed by atoms with Gasteiger partial charge in [0, 0.05) is 22.1 Å². The van der Waals surface area contributed by atoms with Crippen LogP contribution in [0.15, 0.2) is 18.2 Å². The zero-order valence-electron chi connectivity index (χ0n) is 12.3. The molecule has 0 atom stereocenters. The number of fused-ring (bicyclic) bond motifs is 1. The Labute approximate surface area is 110 Å². The largest absolute Gasteiger partial charge is 0.358 e. The van der Waals surface area contributed by atoms with Crippen molar-refractivity contribution in [3.05, 3.63) is 35.0 Å². The lowest BCUT2D eigenvalue weighted by Crippen LogP contribution is -2.29. The Morgan fingerprint density at radius 3 is 2.17 bits per heavy atom. The topological polar surface area (TPSA) is 41.8 Å². The van der Waals surface area contributed by atoms with Crippen molar-refractivity contribution < 1.29 is 0 Å². The minimum atomic E-state index is -0.321. The summed E-state index contributed by atoms with van der Waals surface area (Å²) in [6.45, 7) is 12.9. The standard InChI is InChI=1S/C16H24N2/c1-10-14(16(5,6)17)12-9-11(15(2,3)4)7-8-13(12)18-10/h7-9,18H,17H2,1-6H3. The quantitative estimate of drug-likeness (QED) is 0.783. The van der Waals surface area contributed by atoms with Gasteiger partial charge in [-0.2, -0.15) is 0 Å². The first-order chi connectivity index (χ1) is 8.10. The molecular weight excluding hydrogens is 220 g/mol. The SMILES string of the molecule is Cc1[nH]c2ccc(C(C)(C)C)cc2c1C(C)(C)N. The molecule has 0 aliphatic carbocycles. The highest BCUT2D eigenvalue weighted by atomic mass is 14.8. The number of hydrogen-bond donors (Lipinski definition) is 2. The van der Waals surface area contributed by atoms with Gasteiger partial charge in [0.1, 0.15) is 0 Å². The van der Waals surface area contributed by atoms with E-state index >= 15 is 0 Å². The molecular formula is C16H24N2. The highest BCUT2D eigenvalue weighted by molar-refractivity contribution is 5.86. The molecule has 18 heavy (non-hydrogen) atoms. The molecule has 0 fully saturated rings. The smallest absolute Gasteiger partial charge is 0.0459 e. The minimum absolute atomic E-state index is 0.162. The van der Waals surface area contributed by atoms with Crippen LogP contribution in [0.1, 0.15) is 51.4 Å². The highest BCUT2D eigenvalue weighted by Gasteiger charge is 2.23. The minimum Gasteiger partial charge on any atom is -0.358 e. The zero-order valence-corrected chi connectivity index (χ0v) is 12.3. The van der Waals surface area contributed by atoms with Crippen LogP contribution in [0.2, 0.25) is 0 Å². The Balaban J connectivity index is 2.76. The fraction of sp³-hybridized carbons (Fsp3) is 0.500. The number of nitrogens with one attached hydrogen (secondary N) is 1. The summed E-state index contributed by atoms with van der Waals surface area (Å²) in [7, 11) is 0. The molecule has 1 heterocycles. The normalized spacial score (nSPS) is 13.3. The lowest BCUT2D eigenvalue weighted by molar-refractivity contribution is 0.555. The molecule has 2 aromatic rings. The molecule has 0 bridgehead atoms. The second-order valence-corrected chi connectivity index (χ2v) is 6.86. The van der Waals surface area contributed by atoms with Crippen molar-refractivity contribution in [3.63, 3.8) is 0 Å². The van der Waals surface area contributed by atoms with Crippen LogP contribution in [0.5, 0.6) is 0 Å². The van der Waals surface area contributed by atoms with Crippen LogP contribution in [0.25, 0.3) is 10.9 Å². The zero-order chi connectivity index (χ0) is 13.7. The fourth-order valence-corrected chi connectivity index (χ4v) is 2.62. The summed E-state index contributed by atoms with van der Waals surface area (Å²) in [5.41, 5.74) is 11.1. The van der Waals surface area contributed by atoms with E-state index in [4.69, 9.17) is 5.73 Å². The summed E-state index contributed by atoms with van der Waals surface area (Å²) in [6, 6.07) is 6.65. The van der Waals surface area contributed by atoms with Gasteiger partial charge in [-0.25, -0.2) is 0 Å². The molecule has 1 aromatic carbocycles. The third kappa shape index (κ3) is 2.17. The van der Waals surface area contributed by atoms with Crippen molar-refractivity contribution in [1.29, 1.82) is 0 Å². The van der Waals surface area contributed by atoms with E-state index in [-0.39, 0.29) is 11.0 Å². The molecule has 0 aliphatic rings. The van der Waals surface area contributed by atoms with Crippen LogP contribution < -0.4 is 5.73 Å². The third-order valence-corrected chi connectivity index (χ3v) is 3.50. The fourth-order valence-electron chi connectivity index (χ4n) is 2.62. The van der Waals surface area contributed by atoms with Crippen LogP contribution in [-0.4, -0.2) is 4.98 Å². The Morgan fingerprint density at radius 1 is 1.06 bits per heavy atom. The third-order valence-electron chi connectivity index (χ3n) is 3.50. The number of benzene rings is 1. The van der Waals surface area contributed by atoms with Gasteiger partial charge < -0.3 is 10.7 Å². The van der Waals surface area contributed by atoms with E-state index in [1.54, 1.807) is 0 Å². The van der Waals surface area contributed by atoms with Crippen molar-refractivity contribution in [1.82, 2.24) is 4.98 Å². The van der Waals surface area contributed by atoms with Crippen LogP contribution in [-0.2, 0) is 11.0 Å². The molecule has 2 nitrogen and oxygen atoms in total. The number of aromatic amines is 1.